The number of non-ortho nitro benzene ring substituents is 1. The van der Waals surface area contributed by atoms with Crippen LogP contribution in [-0.2, 0) is 9.84 Å². The molecule has 3 rings (SSSR count). The van der Waals surface area contributed by atoms with Crippen molar-refractivity contribution in [3.63, 3.8) is 0 Å². The maximum absolute atomic E-state index is 12.4. The van der Waals surface area contributed by atoms with Gasteiger partial charge in [0.05, 0.1) is 22.0 Å². The Kier molecular flexibility index (Phi) is 3.40. The van der Waals surface area contributed by atoms with Gasteiger partial charge in [-0.1, -0.05) is 12.1 Å². The number of amides is 1. The number of nitrogens with one attached hydrogen (secondary N) is 2. The number of rotatable bonds is 3. The minimum Gasteiger partial charge on any atom is -0.345 e. The second kappa shape index (κ2) is 5.05. The maximum atomic E-state index is 12.4. The number of hydrogen-bond donors (Lipinski definition) is 2. The first kappa shape index (κ1) is 15.5. The molecule has 0 aliphatic carbocycles. The van der Waals surface area contributed by atoms with Gasteiger partial charge in [0, 0.05) is 11.5 Å². The normalized spacial score (nSPS) is 23.0. The lowest BCUT2D eigenvalue weighted by Crippen LogP contribution is -2.47. The molecule has 122 valence electrons. The molecule has 1 aromatic heterocycles. The summed E-state index contributed by atoms with van der Waals surface area (Å²) >= 11 is 0. The molecule has 1 unspecified atom stereocenters. The average Bonchev–Trinajstić information content (AvgIpc) is 2.99. The highest BCUT2D eigenvalue weighted by molar-refractivity contribution is 7.91. The zero-order valence-electron chi connectivity index (χ0n) is 12.3. The fourth-order valence-electron chi connectivity index (χ4n) is 2.87. The summed E-state index contributed by atoms with van der Waals surface area (Å²) < 4.78 is 23.2. The molecule has 0 saturated carbocycles. The maximum Gasteiger partial charge on any atom is 0.293 e. The third-order valence-electron chi connectivity index (χ3n) is 3.99. The number of H-pyrrole nitrogens is 1. The predicted octanol–water partition coefficient (Wildman–Crippen LogP) is 1.38. The first-order valence-electron chi connectivity index (χ1n) is 6.98. The molecule has 0 spiro atoms. The summed E-state index contributed by atoms with van der Waals surface area (Å²) in [5.74, 6) is -0.538. The van der Waals surface area contributed by atoms with Gasteiger partial charge in [0.15, 0.2) is 9.84 Å². The summed E-state index contributed by atoms with van der Waals surface area (Å²) in [4.78, 5) is 25.6. The third kappa shape index (κ3) is 2.91. The number of carbonyl (C=O) groups is 1. The summed E-state index contributed by atoms with van der Waals surface area (Å²) in [6, 6.07) is 6.08. The van der Waals surface area contributed by atoms with Crippen molar-refractivity contribution in [2.45, 2.75) is 18.9 Å². The van der Waals surface area contributed by atoms with Crippen LogP contribution in [-0.4, -0.2) is 41.3 Å². The van der Waals surface area contributed by atoms with E-state index in [4.69, 9.17) is 0 Å². The van der Waals surface area contributed by atoms with Gasteiger partial charge in [0.1, 0.15) is 11.2 Å². The number of carbonyl (C=O) groups excluding carboxylic acids is 1. The third-order valence-corrected chi connectivity index (χ3v) is 5.90. The van der Waals surface area contributed by atoms with Crippen LogP contribution in [0.3, 0.4) is 0 Å². The Hall–Kier alpha value is -2.42. The topological polar surface area (TPSA) is 122 Å². The van der Waals surface area contributed by atoms with Crippen molar-refractivity contribution in [1.82, 2.24) is 10.3 Å². The standard InChI is InChI=1S/C14H15N3O5S/c1-14(5-6-23(21,22)8-14)16-13(18)10-7-9-3-2-4-11(17(19)20)12(9)15-10/h2-4,7,15H,5-6,8H2,1H3,(H,16,18). The number of aromatic nitrogens is 1. The van der Waals surface area contributed by atoms with E-state index in [2.05, 4.69) is 10.3 Å². The van der Waals surface area contributed by atoms with Gasteiger partial charge in [-0.15, -0.1) is 0 Å². The highest BCUT2D eigenvalue weighted by Crippen LogP contribution is 2.27. The van der Waals surface area contributed by atoms with Crippen LogP contribution in [0, 0.1) is 10.1 Å². The Morgan fingerprint density at radius 2 is 2.17 bits per heavy atom. The van der Waals surface area contributed by atoms with Crippen molar-refractivity contribution in [3.05, 3.63) is 40.1 Å². The smallest absolute Gasteiger partial charge is 0.293 e. The van der Waals surface area contributed by atoms with Crippen LogP contribution in [0.25, 0.3) is 10.9 Å². The lowest BCUT2D eigenvalue weighted by atomic mass is 10.0. The number of sulfone groups is 1. The van der Waals surface area contributed by atoms with Gasteiger partial charge in [0.25, 0.3) is 11.6 Å². The Morgan fingerprint density at radius 1 is 1.43 bits per heavy atom. The van der Waals surface area contributed by atoms with Gasteiger partial charge in [-0.25, -0.2) is 8.42 Å². The highest BCUT2D eigenvalue weighted by Gasteiger charge is 2.39. The number of nitrogens with zero attached hydrogens (tertiary/aromatic N) is 1. The van der Waals surface area contributed by atoms with Crippen LogP contribution < -0.4 is 5.32 Å². The number of benzene rings is 1. The molecule has 1 saturated heterocycles. The lowest BCUT2D eigenvalue weighted by Gasteiger charge is -2.23. The predicted molar refractivity (Wildman–Crippen MR) is 84.1 cm³/mol. The molecule has 1 atom stereocenters. The second-order valence-corrected chi connectivity index (χ2v) is 8.22. The van der Waals surface area contributed by atoms with Gasteiger partial charge in [-0.05, 0) is 19.4 Å². The molecule has 2 heterocycles. The minimum absolute atomic E-state index is 0.0436. The minimum atomic E-state index is -3.14. The van der Waals surface area contributed by atoms with Crippen LogP contribution in [0.15, 0.2) is 24.3 Å². The van der Waals surface area contributed by atoms with Crippen LogP contribution in [0.1, 0.15) is 23.8 Å². The Bertz CT molecular complexity index is 918. The molecule has 9 heteroatoms. The Balaban J connectivity index is 1.90. The molecule has 2 aromatic rings. The van der Waals surface area contributed by atoms with Crippen LogP contribution in [0.5, 0.6) is 0 Å². The summed E-state index contributed by atoms with van der Waals surface area (Å²) in [6.07, 6.45) is 0.349. The summed E-state index contributed by atoms with van der Waals surface area (Å²) in [6.45, 7) is 1.68. The number of fused-ring (bicyclic) bond motifs is 1. The number of nitro benzene ring substituents is 1. The fraction of sp³-hybridized carbons (Fsp3) is 0.357. The SMILES string of the molecule is CC1(NC(=O)c2cc3cccc([N+](=O)[O-])c3[nH]2)CCS(=O)(=O)C1. The van der Waals surface area contributed by atoms with E-state index < -0.39 is 26.2 Å². The Labute approximate surface area is 131 Å². The van der Waals surface area contributed by atoms with E-state index in [1.165, 1.54) is 12.1 Å². The molecular weight excluding hydrogens is 322 g/mol. The van der Waals surface area contributed by atoms with E-state index in [0.29, 0.717) is 11.8 Å². The zero-order chi connectivity index (χ0) is 16.8. The van der Waals surface area contributed by atoms with E-state index in [1.54, 1.807) is 19.1 Å². The van der Waals surface area contributed by atoms with Crippen molar-refractivity contribution < 1.29 is 18.1 Å². The molecule has 8 nitrogen and oxygen atoms in total. The molecule has 1 amide bonds. The van der Waals surface area contributed by atoms with Crippen molar-refractivity contribution in [1.29, 1.82) is 0 Å². The summed E-state index contributed by atoms with van der Waals surface area (Å²) in [5, 5.41) is 14.3. The molecule has 1 aliphatic rings. The first-order valence-corrected chi connectivity index (χ1v) is 8.80. The van der Waals surface area contributed by atoms with E-state index in [0.717, 1.165) is 0 Å². The van der Waals surface area contributed by atoms with Gasteiger partial charge in [0.2, 0.25) is 0 Å². The fourth-order valence-corrected chi connectivity index (χ4v) is 4.96. The molecular formula is C14H15N3O5S. The molecule has 23 heavy (non-hydrogen) atoms. The number of nitro groups is 1. The lowest BCUT2D eigenvalue weighted by molar-refractivity contribution is -0.383. The van der Waals surface area contributed by atoms with Crippen LogP contribution in [0.2, 0.25) is 0 Å². The monoisotopic (exact) mass is 337 g/mol. The first-order chi connectivity index (χ1) is 10.7. The van der Waals surface area contributed by atoms with Crippen molar-refractivity contribution in [2.24, 2.45) is 0 Å². The largest absolute Gasteiger partial charge is 0.345 e. The van der Waals surface area contributed by atoms with Crippen LogP contribution >= 0.6 is 0 Å². The van der Waals surface area contributed by atoms with E-state index in [1.807, 2.05) is 0 Å². The Morgan fingerprint density at radius 3 is 2.78 bits per heavy atom. The quantitative estimate of drug-likeness (QED) is 0.647. The van der Waals surface area contributed by atoms with Gasteiger partial charge in [-0.3, -0.25) is 14.9 Å². The molecule has 0 bridgehead atoms. The van der Waals surface area contributed by atoms with Crippen molar-refractivity contribution >= 4 is 32.3 Å². The molecule has 2 N–H and O–H groups in total. The molecule has 1 aromatic carbocycles. The van der Waals surface area contributed by atoms with Crippen molar-refractivity contribution in [3.8, 4) is 0 Å². The van der Waals surface area contributed by atoms with Gasteiger partial charge in [-0.2, -0.15) is 0 Å². The second-order valence-electron chi connectivity index (χ2n) is 6.04. The molecule has 1 aliphatic heterocycles. The average molecular weight is 337 g/mol. The van der Waals surface area contributed by atoms with Gasteiger partial charge >= 0.3 is 0 Å². The van der Waals surface area contributed by atoms with E-state index >= 15 is 0 Å². The number of para-hydroxylation sites is 1. The number of aromatic amines is 1. The van der Waals surface area contributed by atoms with E-state index in [-0.39, 0.29) is 28.4 Å². The summed E-state index contributed by atoms with van der Waals surface area (Å²) in [5.41, 5.74) is -0.498. The molecule has 1 fully saturated rings. The van der Waals surface area contributed by atoms with Gasteiger partial charge < -0.3 is 10.3 Å². The van der Waals surface area contributed by atoms with E-state index in [9.17, 15) is 23.3 Å². The zero-order valence-corrected chi connectivity index (χ0v) is 13.1. The summed E-state index contributed by atoms with van der Waals surface area (Å²) in [7, 11) is -3.14. The highest BCUT2D eigenvalue weighted by atomic mass is 32.2. The van der Waals surface area contributed by atoms with Crippen LogP contribution in [0.4, 0.5) is 5.69 Å². The van der Waals surface area contributed by atoms with Crippen molar-refractivity contribution in [2.75, 3.05) is 11.5 Å². The number of hydrogen-bond acceptors (Lipinski definition) is 5. The molecule has 0 radical (unpaired) electrons.